The van der Waals surface area contributed by atoms with Crippen LogP contribution in [0.4, 0.5) is 11.4 Å². The van der Waals surface area contributed by atoms with Crippen molar-refractivity contribution in [1.82, 2.24) is 4.90 Å². The van der Waals surface area contributed by atoms with Crippen LogP contribution in [0, 0.1) is 0 Å². The molecular formula is C17H29N3. The third kappa shape index (κ3) is 3.26. The molecule has 0 amide bonds. The Morgan fingerprint density at radius 1 is 1.10 bits per heavy atom. The number of piperidine rings is 1. The Kier molecular flexibility index (Phi) is 4.92. The molecule has 1 aliphatic heterocycles. The number of nitrogens with zero attached hydrogens (tertiary/aromatic N) is 3. The molecular weight excluding hydrogens is 246 g/mol. The minimum Gasteiger partial charge on any atom is -0.376 e. The maximum absolute atomic E-state index is 2.55. The maximum atomic E-state index is 2.55. The SMILES string of the molecule is CCc1ccc(N2CCC(N(C)C)CC2)c(N(C)C)c1. The summed E-state index contributed by atoms with van der Waals surface area (Å²) in [5, 5.41) is 0. The first-order chi connectivity index (χ1) is 9.52. The molecule has 0 radical (unpaired) electrons. The fourth-order valence-corrected chi connectivity index (χ4v) is 3.04. The van der Waals surface area contributed by atoms with Gasteiger partial charge in [0.2, 0.25) is 0 Å². The van der Waals surface area contributed by atoms with Crippen molar-refractivity contribution in [2.24, 2.45) is 0 Å². The smallest absolute Gasteiger partial charge is 0.0604 e. The molecule has 1 heterocycles. The zero-order valence-electron chi connectivity index (χ0n) is 13.7. The molecule has 1 aliphatic rings. The molecule has 0 saturated carbocycles. The summed E-state index contributed by atoms with van der Waals surface area (Å²) in [5.41, 5.74) is 4.16. The monoisotopic (exact) mass is 275 g/mol. The topological polar surface area (TPSA) is 9.72 Å². The third-order valence-corrected chi connectivity index (χ3v) is 4.47. The molecule has 0 N–H and O–H groups in total. The van der Waals surface area contributed by atoms with Crippen molar-refractivity contribution in [3.63, 3.8) is 0 Å². The van der Waals surface area contributed by atoms with E-state index in [0.717, 1.165) is 25.6 Å². The first-order valence-corrected chi connectivity index (χ1v) is 7.74. The molecule has 0 unspecified atom stereocenters. The van der Waals surface area contributed by atoms with Crippen LogP contribution in [0.1, 0.15) is 25.3 Å². The van der Waals surface area contributed by atoms with E-state index in [2.05, 4.69) is 68.0 Å². The molecule has 0 spiro atoms. The number of hydrogen-bond donors (Lipinski definition) is 0. The van der Waals surface area contributed by atoms with Gasteiger partial charge in [0.15, 0.2) is 0 Å². The lowest BCUT2D eigenvalue weighted by Crippen LogP contribution is -2.42. The molecule has 1 aromatic carbocycles. The second kappa shape index (κ2) is 6.49. The summed E-state index contributed by atoms with van der Waals surface area (Å²) in [6.45, 7) is 4.54. The first kappa shape index (κ1) is 15.2. The van der Waals surface area contributed by atoms with Crippen molar-refractivity contribution in [2.45, 2.75) is 32.2 Å². The number of anilines is 2. The summed E-state index contributed by atoms with van der Waals surface area (Å²) in [4.78, 5) is 7.16. The molecule has 3 heteroatoms. The highest BCUT2D eigenvalue weighted by Gasteiger charge is 2.22. The van der Waals surface area contributed by atoms with Crippen LogP contribution in [0.15, 0.2) is 18.2 Å². The van der Waals surface area contributed by atoms with Crippen molar-refractivity contribution in [2.75, 3.05) is 51.1 Å². The highest BCUT2D eigenvalue weighted by atomic mass is 15.2. The molecule has 0 bridgehead atoms. The van der Waals surface area contributed by atoms with E-state index in [1.165, 1.54) is 29.8 Å². The highest BCUT2D eigenvalue weighted by molar-refractivity contribution is 5.72. The Bertz CT molecular complexity index is 432. The molecule has 1 saturated heterocycles. The summed E-state index contributed by atoms with van der Waals surface area (Å²) in [7, 11) is 8.68. The standard InChI is InChI=1S/C17H29N3/c1-6-14-7-8-16(17(13-14)19(4)5)20-11-9-15(10-12-20)18(2)3/h7-8,13,15H,6,9-12H2,1-5H3. The van der Waals surface area contributed by atoms with E-state index in [1.54, 1.807) is 0 Å². The van der Waals surface area contributed by atoms with Crippen LogP contribution in [-0.2, 0) is 6.42 Å². The van der Waals surface area contributed by atoms with Crippen LogP contribution in [0.2, 0.25) is 0 Å². The van der Waals surface area contributed by atoms with E-state index in [-0.39, 0.29) is 0 Å². The summed E-state index contributed by atoms with van der Waals surface area (Å²) >= 11 is 0. The Labute approximate surface area is 124 Å². The van der Waals surface area contributed by atoms with Gasteiger partial charge in [-0.2, -0.15) is 0 Å². The van der Waals surface area contributed by atoms with E-state index < -0.39 is 0 Å². The van der Waals surface area contributed by atoms with Crippen molar-refractivity contribution >= 4 is 11.4 Å². The molecule has 1 fully saturated rings. The lowest BCUT2D eigenvalue weighted by atomic mass is 10.0. The normalized spacial score (nSPS) is 16.8. The first-order valence-electron chi connectivity index (χ1n) is 7.74. The van der Waals surface area contributed by atoms with Crippen molar-refractivity contribution in [1.29, 1.82) is 0 Å². The molecule has 2 rings (SSSR count). The summed E-state index contributed by atoms with van der Waals surface area (Å²) in [5.74, 6) is 0. The molecule has 112 valence electrons. The molecule has 0 atom stereocenters. The average Bonchev–Trinajstić information content (AvgIpc) is 2.46. The van der Waals surface area contributed by atoms with Crippen molar-refractivity contribution < 1.29 is 0 Å². The lowest BCUT2D eigenvalue weighted by Gasteiger charge is -2.38. The molecule has 3 nitrogen and oxygen atoms in total. The zero-order chi connectivity index (χ0) is 14.7. The Morgan fingerprint density at radius 3 is 2.25 bits per heavy atom. The van der Waals surface area contributed by atoms with E-state index >= 15 is 0 Å². The quantitative estimate of drug-likeness (QED) is 0.836. The third-order valence-electron chi connectivity index (χ3n) is 4.47. The van der Waals surface area contributed by atoms with Crippen LogP contribution >= 0.6 is 0 Å². The predicted molar refractivity (Wildman–Crippen MR) is 89.1 cm³/mol. The second-order valence-electron chi connectivity index (χ2n) is 6.25. The van der Waals surface area contributed by atoms with Crippen LogP contribution in [0.3, 0.4) is 0 Å². The maximum Gasteiger partial charge on any atom is 0.0604 e. The number of rotatable bonds is 4. The molecule has 20 heavy (non-hydrogen) atoms. The summed E-state index contributed by atoms with van der Waals surface area (Å²) < 4.78 is 0. The van der Waals surface area contributed by atoms with Crippen LogP contribution in [0.5, 0.6) is 0 Å². The van der Waals surface area contributed by atoms with E-state index in [4.69, 9.17) is 0 Å². The molecule has 1 aromatic rings. The summed E-state index contributed by atoms with van der Waals surface area (Å²) in [6, 6.07) is 7.67. The fourth-order valence-electron chi connectivity index (χ4n) is 3.04. The van der Waals surface area contributed by atoms with Gasteiger partial charge in [0.05, 0.1) is 11.4 Å². The Balaban J connectivity index is 2.17. The number of benzene rings is 1. The van der Waals surface area contributed by atoms with E-state index in [1.807, 2.05) is 0 Å². The highest BCUT2D eigenvalue weighted by Crippen LogP contribution is 2.32. The molecule has 0 aliphatic carbocycles. The van der Waals surface area contributed by atoms with Crippen molar-refractivity contribution in [3.8, 4) is 0 Å². The van der Waals surface area contributed by atoms with Crippen LogP contribution in [0.25, 0.3) is 0 Å². The van der Waals surface area contributed by atoms with Gasteiger partial charge in [-0.3, -0.25) is 0 Å². The van der Waals surface area contributed by atoms with E-state index in [9.17, 15) is 0 Å². The van der Waals surface area contributed by atoms with Crippen LogP contribution in [-0.4, -0.2) is 52.2 Å². The second-order valence-corrected chi connectivity index (χ2v) is 6.25. The van der Waals surface area contributed by atoms with Crippen molar-refractivity contribution in [3.05, 3.63) is 23.8 Å². The predicted octanol–water partition coefficient (Wildman–Crippen LogP) is 2.85. The Hall–Kier alpha value is -1.22. The van der Waals surface area contributed by atoms with Gasteiger partial charge < -0.3 is 14.7 Å². The summed E-state index contributed by atoms with van der Waals surface area (Å²) in [6.07, 6.45) is 3.62. The van der Waals surface area contributed by atoms with Gasteiger partial charge in [0.1, 0.15) is 0 Å². The number of aryl methyl sites for hydroxylation is 1. The van der Waals surface area contributed by atoms with Gasteiger partial charge in [-0.1, -0.05) is 13.0 Å². The van der Waals surface area contributed by atoms with E-state index in [0.29, 0.717) is 0 Å². The Morgan fingerprint density at radius 2 is 1.75 bits per heavy atom. The zero-order valence-corrected chi connectivity index (χ0v) is 13.7. The van der Waals surface area contributed by atoms with Gasteiger partial charge in [-0.25, -0.2) is 0 Å². The lowest BCUT2D eigenvalue weighted by molar-refractivity contribution is 0.250. The molecule has 0 aromatic heterocycles. The van der Waals surface area contributed by atoms with Gasteiger partial charge in [0, 0.05) is 33.2 Å². The van der Waals surface area contributed by atoms with Gasteiger partial charge in [-0.05, 0) is 51.1 Å². The number of hydrogen-bond acceptors (Lipinski definition) is 3. The van der Waals surface area contributed by atoms with Crippen LogP contribution < -0.4 is 9.80 Å². The fraction of sp³-hybridized carbons (Fsp3) is 0.647. The average molecular weight is 275 g/mol. The van der Waals surface area contributed by atoms with Gasteiger partial charge in [0.25, 0.3) is 0 Å². The van der Waals surface area contributed by atoms with Gasteiger partial charge >= 0.3 is 0 Å². The van der Waals surface area contributed by atoms with Gasteiger partial charge in [-0.15, -0.1) is 0 Å². The minimum atomic E-state index is 0.740. The largest absolute Gasteiger partial charge is 0.376 e. The minimum absolute atomic E-state index is 0.740.